The van der Waals surface area contributed by atoms with E-state index in [1.54, 1.807) is 24.3 Å². The van der Waals surface area contributed by atoms with Crippen LogP contribution in [0.25, 0.3) is 0 Å². The number of anilines is 1. The van der Waals surface area contributed by atoms with Gasteiger partial charge in [-0.2, -0.15) is 0 Å². The van der Waals surface area contributed by atoms with Crippen LogP contribution >= 0.6 is 0 Å². The van der Waals surface area contributed by atoms with Crippen molar-refractivity contribution in [3.8, 4) is 5.75 Å². The van der Waals surface area contributed by atoms with Gasteiger partial charge in [0.1, 0.15) is 5.75 Å². The monoisotopic (exact) mass is 292 g/mol. The van der Waals surface area contributed by atoms with Crippen LogP contribution in [-0.2, 0) is 14.3 Å². The summed E-state index contributed by atoms with van der Waals surface area (Å²) in [5.74, 6) is -0.836. The zero-order chi connectivity index (χ0) is 15.1. The van der Waals surface area contributed by atoms with Crippen LogP contribution in [0.1, 0.15) is 19.8 Å². The molecule has 114 valence electrons. The molecule has 6 nitrogen and oxygen atoms in total. The number of benzene rings is 1. The van der Waals surface area contributed by atoms with Gasteiger partial charge in [0, 0.05) is 13.2 Å². The van der Waals surface area contributed by atoms with Gasteiger partial charge in [-0.25, -0.2) is 0 Å². The standard InChI is InChI=1S/C15H20N2O4/c1-2-20-13-8-4-3-7-12(13)17-15(19)14(18)16-10-11-6-5-9-21-11/h3-4,7-8,11H,2,5-6,9-10H2,1H3,(H,16,18)(H,17,19). The van der Waals surface area contributed by atoms with Crippen LogP contribution in [0, 0.1) is 0 Å². The second-order valence-corrected chi connectivity index (χ2v) is 4.73. The summed E-state index contributed by atoms with van der Waals surface area (Å²) in [7, 11) is 0. The lowest BCUT2D eigenvalue weighted by Gasteiger charge is -2.12. The van der Waals surface area contributed by atoms with Gasteiger partial charge in [0.15, 0.2) is 0 Å². The molecule has 0 saturated carbocycles. The summed E-state index contributed by atoms with van der Waals surface area (Å²) in [5, 5.41) is 5.13. The Morgan fingerprint density at radius 1 is 1.33 bits per heavy atom. The second-order valence-electron chi connectivity index (χ2n) is 4.73. The highest BCUT2D eigenvalue weighted by Crippen LogP contribution is 2.23. The van der Waals surface area contributed by atoms with Crippen LogP contribution < -0.4 is 15.4 Å². The first-order chi connectivity index (χ1) is 10.2. The SMILES string of the molecule is CCOc1ccccc1NC(=O)C(=O)NCC1CCCO1. The summed E-state index contributed by atoms with van der Waals surface area (Å²) in [6, 6.07) is 7.00. The zero-order valence-corrected chi connectivity index (χ0v) is 12.1. The van der Waals surface area contributed by atoms with Crippen LogP contribution in [0.2, 0.25) is 0 Å². The van der Waals surface area contributed by atoms with E-state index in [-0.39, 0.29) is 6.10 Å². The summed E-state index contributed by atoms with van der Waals surface area (Å²) in [5.41, 5.74) is 0.483. The van der Waals surface area contributed by atoms with Gasteiger partial charge in [-0.05, 0) is 31.9 Å². The summed E-state index contributed by atoms with van der Waals surface area (Å²) in [4.78, 5) is 23.6. The molecule has 0 spiro atoms. The van der Waals surface area contributed by atoms with Gasteiger partial charge < -0.3 is 20.1 Å². The Bertz CT molecular complexity index is 498. The Morgan fingerprint density at radius 2 is 2.14 bits per heavy atom. The average Bonchev–Trinajstić information content (AvgIpc) is 3.00. The van der Waals surface area contributed by atoms with Crippen molar-refractivity contribution in [1.29, 1.82) is 0 Å². The van der Waals surface area contributed by atoms with Crippen LogP contribution in [0.3, 0.4) is 0 Å². The summed E-state index contributed by atoms with van der Waals surface area (Å²) >= 11 is 0. The van der Waals surface area contributed by atoms with Crippen molar-refractivity contribution in [2.24, 2.45) is 0 Å². The minimum absolute atomic E-state index is 0.0115. The topological polar surface area (TPSA) is 76.7 Å². The molecule has 2 amide bonds. The predicted octanol–water partition coefficient (Wildman–Crippen LogP) is 1.32. The molecule has 1 aliphatic heterocycles. The summed E-state index contributed by atoms with van der Waals surface area (Å²) < 4.78 is 10.8. The maximum Gasteiger partial charge on any atom is 0.313 e. The van der Waals surface area contributed by atoms with Crippen LogP contribution in [0.15, 0.2) is 24.3 Å². The van der Waals surface area contributed by atoms with E-state index in [1.165, 1.54) is 0 Å². The minimum atomic E-state index is -0.708. The van der Waals surface area contributed by atoms with Gasteiger partial charge in [-0.3, -0.25) is 9.59 Å². The number of amides is 2. The number of hydrogen-bond donors (Lipinski definition) is 2. The lowest BCUT2D eigenvalue weighted by molar-refractivity contribution is -0.136. The van der Waals surface area contributed by atoms with Gasteiger partial charge in [0.25, 0.3) is 0 Å². The molecule has 1 heterocycles. The van der Waals surface area contributed by atoms with Crippen molar-refractivity contribution in [3.63, 3.8) is 0 Å². The Balaban J connectivity index is 1.86. The molecule has 1 unspecified atom stereocenters. The Morgan fingerprint density at radius 3 is 2.86 bits per heavy atom. The van der Waals surface area contributed by atoms with Crippen LogP contribution in [0.5, 0.6) is 5.75 Å². The molecule has 0 aliphatic carbocycles. The van der Waals surface area contributed by atoms with Gasteiger partial charge in [0.2, 0.25) is 0 Å². The van der Waals surface area contributed by atoms with Crippen molar-refractivity contribution >= 4 is 17.5 Å². The van der Waals surface area contributed by atoms with Gasteiger partial charge in [0.05, 0.1) is 18.4 Å². The number of carbonyl (C=O) groups excluding carboxylic acids is 2. The quantitative estimate of drug-likeness (QED) is 0.802. The van der Waals surface area contributed by atoms with E-state index >= 15 is 0 Å². The molecule has 1 aromatic rings. The molecule has 1 saturated heterocycles. The van der Waals surface area contributed by atoms with E-state index < -0.39 is 11.8 Å². The van der Waals surface area contributed by atoms with E-state index in [1.807, 2.05) is 6.92 Å². The molecule has 0 aromatic heterocycles. The molecular formula is C15H20N2O4. The fraction of sp³-hybridized carbons (Fsp3) is 0.467. The highest BCUT2D eigenvalue weighted by atomic mass is 16.5. The highest BCUT2D eigenvalue weighted by Gasteiger charge is 2.20. The molecule has 2 rings (SSSR count). The molecule has 1 atom stereocenters. The van der Waals surface area contributed by atoms with Crippen molar-refractivity contribution in [2.45, 2.75) is 25.9 Å². The average molecular weight is 292 g/mol. The molecule has 0 radical (unpaired) electrons. The van der Waals surface area contributed by atoms with Crippen LogP contribution in [-0.4, -0.2) is 37.7 Å². The Labute approximate surface area is 123 Å². The molecule has 0 bridgehead atoms. The largest absolute Gasteiger partial charge is 0.492 e. The third-order valence-corrected chi connectivity index (χ3v) is 3.16. The molecule has 1 aliphatic rings. The number of hydrogen-bond acceptors (Lipinski definition) is 4. The van der Waals surface area contributed by atoms with Crippen LogP contribution in [0.4, 0.5) is 5.69 Å². The van der Waals surface area contributed by atoms with Crippen molar-refractivity contribution < 1.29 is 19.1 Å². The molecule has 2 N–H and O–H groups in total. The lowest BCUT2D eigenvalue weighted by Crippen LogP contribution is -2.39. The minimum Gasteiger partial charge on any atom is -0.492 e. The second kappa shape index (κ2) is 7.64. The third-order valence-electron chi connectivity index (χ3n) is 3.16. The fourth-order valence-corrected chi connectivity index (χ4v) is 2.12. The fourth-order valence-electron chi connectivity index (χ4n) is 2.12. The van der Waals surface area contributed by atoms with E-state index in [0.717, 1.165) is 12.8 Å². The van der Waals surface area contributed by atoms with E-state index in [2.05, 4.69) is 10.6 Å². The maximum atomic E-state index is 11.9. The van der Waals surface area contributed by atoms with E-state index in [4.69, 9.17) is 9.47 Å². The highest BCUT2D eigenvalue weighted by molar-refractivity contribution is 6.39. The first-order valence-corrected chi connectivity index (χ1v) is 7.13. The number of carbonyl (C=O) groups is 2. The molecule has 21 heavy (non-hydrogen) atoms. The molecular weight excluding hydrogens is 272 g/mol. The van der Waals surface area contributed by atoms with Crippen molar-refractivity contribution in [2.75, 3.05) is 25.1 Å². The number of nitrogens with one attached hydrogen (secondary N) is 2. The molecule has 1 fully saturated rings. The number of ether oxygens (including phenoxy) is 2. The van der Waals surface area contributed by atoms with Gasteiger partial charge >= 0.3 is 11.8 Å². The van der Waals surface area contributed by atoms with Gasteiger partial charge in [-0.15, -0.1) is 0 Å². The first kappa shape index (κ1) is 15.3. The molecule has 6 heteroatoms. The summed E-state index contributed by atoms with van der Waals surface area (Å²) in [6.07, 6.45) is 1.92. The zero-order valence-electron chi connectivity index (χ0n) is 12.1. The number of rotatable bonds is 5. The lowest BCUT2D eigenvalue weighted by atomic mass is 10.2. The Kier molecular flexibility index (Phi) is 5.57. The summed E-state index contributed by atoms with van der Waals surface area (Å²) in [6.45, 7) is 3.42. The van der Waals surface area contributed by atoms with Crippen molar-refractivity contribution in [1.82, 2.24) is 5.32 Å². The predicted molar refractivity (Wildman–Crippen MR) is 78.2 cm³/mol. The smallest absolute Gasteiger partial charge is 0.313 e. The van der Waals surface area contributed by atoms with E-state index in [9.17, 15) is 9.59 Å². The van der Waals surface area contributed by atoms with Gasteiger partial charge in [-0.1, -0.05) is 12.1 Å². The third kappa shape index (κ3) is 4.46. The normalized spacial score (nSPS) is 17.3. The van der Waals surface area contributed by atoms with Crippen molar-refractivity contribution in [3.05, 3.63) is 24.3 Å². The number of para-hydroxylation sites is 2. The molecule has 1 aromatic carbocycles. The first-order valence-electron chi connectivity index (χ1n) is 7.13. The van der Waals surface area contributed by atoms with E-state index in [0.29, 0.717) is 31.2 Å². The maximum absolute atomic E-state index is 11.9. The Hall–Kier alpha value is -2.08.